The number of likely N-dealkylation sites (N-methyl/N-ethyl adjacent to an activating group) is 1. The minimum atomic E-state index is -1.58. The predicted octanol–water partition coefficient (Wildman–Crippen LogP) is -1.89. The number of hydrogen-bond donors (Lipinski definition) is 3. The standard InChI is InChI=1S/C11H19N3O5/c1-7(9(17)12-5-6-15)11(8(2)16)10(18)14(3,13-11)19-4/h7,13,15H,5-6H2,1-4H3/p+1. The molecule has 0 aliphatic carbocycles. The van der Waals surface area contributed by atoms with E-state index in [4.69, 9.17) is 9.94 Å². The zero-order chi connectivity index (χ0) is 14.8. The van der Waals surface area contributed by atoms with Gasteiger partial charge in [0, 0.05) is 6.54 Å². The molecule has 0 aromatic rings. The van der Waals surface area contributed by atoms with Gasteiger partial charge in [-0.15, -0.1) is 0 Å². The second-order valence-corrected chi connectivity index (χ2v) is 4.62. The molecule has 0 bridgehead atoms. The zero-order valence-electron chi connectivity index (χ0n) is 11.5. The van der Waals surface area contributed by atoms with E-state index in [0.29, 0.717) is 0 Å². The van der Waals surface area contributed by atoms with Crippen LogP contribution in [0.25, 0.3) is 0 Å². The number of carbonyl (C=O) groups is 3. The molecule has 1 aliphatic rings. The van der Waals surface area contributed by atoms with Crippen LogP contribution < -0.4 is 10.7 Å². The summed E-state index contributed by atoms with van der Waals surface area (Å²) in [4.78, 5) is 40.9. The molecule has 0 aromatic carbocycles. The smallest absolute Gasteiger partial charge is 0.395 e. The van der Waals surface area contributed by atoms with Gasteiger partial charge in [0.2, 0.25) is 5.91 Å². The summed E-state index contributed by atoms with van der Waals surface area (Å²) >= 11 is 0. The van der Waals surface area contributed by atoms with E-state index in [-0.39, 0.29) is 13.2 Å². The van der Waals surface area contributed by atoms with Gasteiger partial charge in [0.1, 0.15) is 7.05 Å². The van der Waals surface area contributed by atoms with E-state index in [9.17, 15) is 14.4 Å². The molecule has 2 amide bonds. The van der Waals surface area contributed by atoms with Crippen LogP contribution in [0.2, 0.25) is 0 Å². The van der Waals surface area contributed by atoms with E-state index in [1.165, 1.54) is 28.0 Å². The third-order valence-electron chi connectivity index (χ3n) is 3.49. The van der Waals surface area contributed by atoms with Crippen LogP contribution in [0, 0.1) is 5.92 Å². The number of quaternary nitrogens is 1. The Morgan fingerprint density at radius 3 is 2.53 bits per heavy atom. The summed E-state index contributed by atoms with van der Waals surface area (Å²) in [6.07, 6.45) is 0. The first kappa shape index (κ1) is 15.7. The SMILES string of the molecule is CO[N+]1(C)NC(C(C)=O)(C(C)C(=O)NCCO)C1=O. The maximum atomic E-state index is 12.2. The van der Waals surface area contributed by atoms with E-state index < -0.39 is 33.8 Å². The van der Waals surface area contributed by atoms with Crippen LogP contribution in [0.15, 0.2) is 0 Å². The Bertz CT molecular complexity index is 413. The third kappa shape index (κ3) is 2.27. The van der Waals surface area contributed by atoms with Crippen LogP contribution in [0.3, 0.4) is 0 Å². The van der Waals surface area contributed by atoms with Gasteiger partial charge in [0.05, 0.1) is 19.6 Å². The van der Waals surface area contributed by atoms with Gasteiger partial charge in [-0.05, 0) is 11.7 Å². The molecule has 8 nitrogen and oxygen atoms in total. The van der Waals surface area contributed by atoms with Crippen molar-refractivity contribution < 1.29 is 29.1 Å². The Morgan fingerprint density at radius 2 is 2.16 bits per heavy atom. The molecule has 8 heteroatoms. The number of rotatable bonds is 6. The van der Waals surface area contributed by atoms with E-state index in [2.05, 4.69) is 10.7 Å². The van der Waals surface area contributed by atoms with E-state index in [1.807, 2.05) is 0 Å². The number of hydrogen-bond acceptors (Lipinski definition) is 6. The predicted molar refractivity (Wildman–Crippen MR) is 64.0 cm³/mol. The number of Topliss-reactive ketones (excluding diaryl/α,β-unsaturated/α-hetero) is 1. The van der Waals surface area contributed by atoms with Gasteiger partial charge in [-0.1, -0.05) is 12.3 Å². The summed E-state index contributed by atoms with van der Waals surface area (Å²) in [5.74, 6) is -2.34. The first-order chi connectivity index (χ1) is 8.76. The second kappa shape index (κ2) is 5.33. The highest BCUT2D eigenvalue weighted by atomic mass is 16.8. The number of nitrogens with one attached hydrogen (secondary N) is 2. The lowest BCUT2D eigenvalue weighted by atomic mass is 9.77. The molecule has 3 N–H and O–H groups in total. The topological polar surface area (TPSA) is 105 Å². The van der Waals surface area contributed by atoms with Crippen molar-refractivity contribution >= 4 is 17.6 Å². The number of carbonyl (C=O) groups excluding carboxylic acids is 3. The van der Waals surface area contributed by atoms with Crippen molar-refractivity contribution in [3.63, 3.8) is 0 Å². The Labute approximate surface area is 111 Å². The highest BCUT2D eigenvalue weighted by molar-refractivity contribution is 6.13. The molecular weight excluding hydrogens is 254 g/mol. The van der Waals surface area contributed by atoms with Gasteiger partial charge in [-0.25, -0.2) is 4.79 Å². The van der Waals surface area contributed by atoms with Gasteiger partial charge in [-0.3, -0.25) is 9.59 Å². The van der Waals surface area contributed by atoms with Crippen LogP contribution in [0.1, 0.15) is 13.8 Å². The Kier molecular flexibility index (Phi) is 4.41. The van der Waals surface area contributed by atoms with Crippen molar-refractivity contribution in [1.82, 2.24) is 10.7 Å². The fourth-order valence-electron chi connectivity index (χ4n) is 2.19. The molecule has 0 spiro atoms. The quantitative estimate of drug-likeness (QED) is 0.386. The molecule has 108 valence electrons. The maximum Gasteiger partial charge on any atom is 0.399 e. The summed E-state index contributed by atoms with van der Waals surface area (Å²) < 4.78 is -0.558. The summed E-state index contributed by atoms with van der Waals surface area (Å²) in [6, 6.07) is 0. The van der Waals surface area contributed by atoms with Crippen LogP contribution in [-0.4, -0.2) is 60.3 Å². The lowest BCUT2D eigenvalue weighted by Crippen LogP contribution is -2.89. The van der Waals surface area contributed by atoms with Gasteiger partial charge in [-0.2, -0.15) is 4.84 Å². The molecule has 0 aromatic heterocycles. The molecular formula is C11H20N3O5+. The molecule has 3 unspecified atom stereocenters. The summed E-state index contributed by atoms with van der Waals surface area (Å²) in [6.45, 7) is 2.60. The number of nitrogens with zero attached hydrogens (tertiary/aromatic N) is 1. The molecule has 1 heterocycles. The number of amides is 2. The highest BCUT2D eigenvalue weighted by Gasteiger charge is 2.73. The average Bonchev–Trinajstić information content (AvgIpc) is 2.39. The maximum absolute atomic E-state index is 12.2. The van der Waals surface area contributed by atoms with Gasteiger partial charge in [0.15, 0.2) is 5.78 Å². The molecule has 1 fully saturated rings. The first-order valence-corrected chi connectivity index (χ1v) is 5.92. The van der Waals surface area contributed by atoms with Crippen molar-refractivity contribution in [2.45, 2.75) is 19.4 Å². The number of aliphatic hydroxyl groups is 1. The Balaban J connectivity index is 2.95. The second-order valence-electron chi connectivity index (χ2n) is 4.62. The van der Waals surface area contributed by atoms with Gasteiger partial charge >= 0.3 is 5.91 Å². The Hall–Kier alpha value is -1.35. The van der Waals surface area contributed by atoms with E-state index in [0.717, 1.165) is 0 Å². The van der Waals surface area contributed by atoms with Crippen molar-refractivity contribution in [2.24, 2.45) is 5.92 Å². The molecule has 0 radical (unpaired) electrons. The lowest BCUT2D eigenvalue weighted by molar-refractivity contribution is -1.09. The van der Waals surface area contributed by atoms with E-state index >= 15 is 0 Å². The highest BCUT2D eigenvalue weighted by Crippen LogP contribution is 2.33. The minimum Gasteiger partial charge on any atom is -0.395 e. The number of hydroxylamine groups is 2. The monoisotopic (exact) mass is 274 g/mol. The van der Waals surface area contributed by atoms with Crippen LogP contribution in [-0.2, 0) is 19.2 Å². The summed E-state index contributed by atoms with van der Waals surface area (Å²) in [5.41, 5.74) is 1.14. The fourth-order valence-corrected chi connectivity index (χ4v) is 2.19. The molecule has 3 atom stereocenters. The largest absolute Gasteiger partial charge is 0.399 e. The van der Waals surface area contributed by atoms with Gasteiger partial charge < -0.3 is 10.4 Å². The molecule has 1 saturated heterocycles. The summed E-state index contributed by atoms with van der Waals surface area (Å²) in [7, 11) is 2.77. The van der Waals surface area contributed by atoms with Crippen molar-refractivity contribution in [1.29, 1.82) is 0 Å². The summed E-state index contributed by atoms with van der Waals surface area (Å²) in [5, 5.41) is 11.1. The fraction of sp³-hybridized carbons (Fsp3) is 0.727. The van der Waals surface area contributed by atoms with Crippen molar-refractivity contribution in [2.75, 3.05) is 27.3 Å². The van der Waals surface area contributed by atoms with E-state index in [1.54, 1.807) is 0 Å². The number of aliphatic hydroxyl groups excluding tert-OH is 1. The molecule has 1 rings (SSSR count). The molecule has 19 heavy (non-hydrogen) atoms. The normalized spacial score (nSPS) is 31.5. The minimum absolute atomic E-state index is 0.0712. The zero-order valence-corrected chi connectivity index (χ0v) is 11.5. The third-order valence-corrected chi connectivity index (χ3v) is 3.49. The Morgan fingerprint density at radius 1 is 1.58 bits per heavy atom. The van der Waals surface area contributed by atoms with Gasteiger partial charge in [0.25, 0.3) is 5.54 Å². The lowest BCUT2D eigenvalue weighted by Gasteiger charge is -2.49. The van der Waals surface area contributed by atoms with Crippen molar-refractivity contribution in [3.05, 3.63) is 0 Å². The number of ketones is 1. The van der Waals surface area contributed by atoms with Crippen LogP contribution >= 0.6 is 0 Å². The van der Waals surface area contributed by atoms with Crippen LogP contribution in [0.4, 0.5) is 0 Å². The molecule has 0 saturated carbocycles. The first-order valence-electron chi connectivity index (χ1n) is 5.92. The van der Waals surface area contributed by atoms with Crippen LogP contribution in [0.5, 0.6) is 0 Å². The average molecular weight is 274 g/mol. The van der Waals surface area contributed by atoms with Crippen molar-refractivity contribution in [3.8, 4) is 0 Å². The molecule has 1 aliphatic heterocycles.